The topological polar surface area (TPSA) is 119 Å². The number of nitro groups is 1. The van der Waals surface area contributed by atoms with E-state index >= 15 is 0 Å². The highest BCUT2D eigenvalue weighted by Crippen LogP contribution is 2.28. The highest BCUT2D eigenvalue weighted by Gasteiger charge is 2.27. The van der Waals surface area contributed by atoms with Gasteiger partial charge in [0.1, 0.15) is 5.56 Å². The molecule has 0 saturated heterocycles. The van der Waals surface area contributed by atoms with Crippen LogP contribution in [0.15, 0.2) is 42.5 Å². The first kappa shape index (κ1) is 16.4. The van der Waals surface area contributed by atoms with Crippen LogP contribution in [-0.2, 0) is 11.2 Å². The summed E-state index contributed by atoms with van der Waals surface area (Å²) in [4.78, 5) is 36.4. The van der Waals surface area contributed by atoms with Crippen molar-refractivity contribution in [1.82, 2.24) is 5.32 Å². The molecule has 25 heavy (non-hydrogen) atoms. The second-order valence-electron chi connectivity index (χ2n) is 5.61. The fourth-order valence-electron chi connectivity index (χ4n) is 2.89. The molecule has 2 aromatic carbocycles. The second kappa shape index (κ2) is 6.60. The Morgan fingerprint density at radius 2 is 2.00 bits per heavy atom. The summed E-state index contributed by atoms with van der Waals surface area (Å²) in [7, 11) is 0. The normalized spacial score (nSPS) is 12.8. The highest BCUT2D eigenvalue weighted by molar-refractivity contribution is 6.03. The molecule has 0 unspecified atom stereocenters. The Morgan fingerprint density at radius 3 is 2.76 bits per heavy atom. The molecule has 3 N–H and O–H groups in total. The zero-order chi connectivity index (χ0) is 18.0. The number of nitro benzene ring substituents is 1. The van der Waals surface area contributed by atoms with E-state index in [1.54, 1.807) is 4.90 Å². The Labute approximate surface area is 143 Å². The standard InChI is InChI=1S/C17H16N4O4/c18-12-5-3-7-14(21(24)25)16(12)17(23)19-8-9-20-13-6-2-1-4-11(13)10-15(20)22/h1-7H,8-10,18H2,(H,19,23). The van der Waals surface area contributed by atoms with Gasteiger partial charge in [0.25, 0.3) is 11.6 Å². The predicted octanol–water partition coefficient (Wildman–Crippen LogP) is 1.50. The number of nitrogen functional groups attached to an aromatic ring is 1. The van der Waals surface area contributed by atoms with Crippen molar-refractivity contribution >= 4 is 28.9 Å². The van der Waals surface area contributed by atoms with Crippen molar-refractivity contribution in [3.8, 4) is 0 Å². The second-order valence-corrected chi connectivity index (χ2v) is 5.61. The van der Waals surface area contributed by atoms with Gasteiger partial charge >= 0.3 is 0 Å². The molecule has 0 saturated carbocycles. The molecular formula is C17H16N4O4. The minimum atomic E-state index is -0.647. The van der Waals surface area contributed by atoms with Crippen LogP contribution >= 0.6 is 0 Å². The maximum Gasteiger partial charge on any atom is 0.284 e. The van der Waals surface area contributed by atoms with Gasteiger partial charge in [-0.2, -0.15) is 0 Å². The van der Waals surface area contributed by atoms with Gasteiger partial charge in [0, 0.05) is 24.8 Å². The number of nitrogens with zero attached hydrogens (tertiary/aromatic N) is 2. The molecule has 0 atom stereocenters. The number of hydrogen-bond donors (Lipinski definition) is 2. The monoisotopic (exact) mass is 340 g/mol. The van der Waals surface area contributed by atoms with E-state index in [2.05, 4.69) is 5.32 Å². The van der Waals surface area contributed by atoms with Crippen molar-refractivity contribution in [1.29, 1.82) is 0 Å². The molecule has 0 bridgehead atoms. The number of benzene rings is 2. The van der Waals surface area contributed by atoms with E-state index in [4.69, 9.17) is 5.73 Å². The third-order valence-corrected chi connectivity index (χ3v) is 4.04. The third kappa shape index (κ3) is 3.14. The van der Waals surface area contributed by atoms with Crippen molar-refractivity contribution in [2.75, 3.05) is 23.7 Å². The number of nitrogens with two attached hydrogens (primary N) is 1. The van der Waals surface area contributed by atoms with Crippen LogP contribution in [-0.4, -0.2) is 29.8 Å². The average Bonchev–Trinajstić information content (AvgIpc) is 2.90. The van der Waals surface area contributed by atoms with Crippen LogP contribution < -0.4 is 16.0 Å². The molecule has 1 aliphatic rings. The van der Waals surface area contributed by atoms with Gasteiger partial charge in [-0.25, -0.2) is 0 Å². The molecule has 2 amide bonds. The van der Waals surface area contributed by atoms with E-state index in [0.29, 0.717) is 6.42 Å². The van der Waals surface area contributed by atoms with Crippen LogP contribution in [0.2, 0.25) is 0 Å². The van der Waals surface area contributed by atoms with Gasteiger partial charge in [-0.15, -0.1) is 0 Å². The predicted molar refractivity (Wildman–Crippen MR) is 92.3 cm³/mol. The lowest BCUT2D eigenvalue weighted by Gasteiger charge is -2.17. The Bertz CT molecular complexity index is 865. The van der Waals surface area contributed by atoms with Crippen LogP contribution in [0, 0.1) is 10.1 Å². The Balaban J connectivity index is 1.69. The molecule has 1 heterocycles. The van der Waals surface area contributed by atoms with Crippen LogP contribution in [0.1, 0.15) is 15.9 Å². The first-order chi connectivity index (χ1) is 12.0. The van der Waals surface area contributed by atoms with Gasteiger partial charge in [-0.3, -0.25) is 19.7 Å². The van der Waals surface area contributed by atoms with E-state index in [1.165, 1.54) is 18.2 Å². The maximum atomic E-state index is 12.3. The zero-order valence-electron chi connectivity index (χ0n) is 13.3. The molecule has 1 aliphatic heterocycles. The van der Waals surface area contributed by atoms with Crippen LogP contribution in [0.3, 0.4) is 0 Å². The van der Waals surface area contributed by atoms with Crippen molar-refractivity contribution in [2.24, 2.45) is 0 Å². The van der Waals surface area contributed by atoms with Crippen molar-refractivity contribution < 1.29 is 14.5 Å². The Morgan fingerprint density at radius 1 is 1.24 bits per heavy atom. The van der Waals surface area contributed by atoms with E-state index in [1.807, 2.05) is 24.3 Å². The molecule has 0 spiro atoms. The SMILES string of the molecule is Nc1cccc([N+](=O)[O-])c1C(=O)NCCN1C(=O)Cc2ccccc21. The third-order valence-electron chi connectivity index (χ3n) is 4.04. The highest BCUT2D eigenvalue weighted by atomic mass is 16.6. The largest absolute Gasteiger partial charge is 0.398 e. The molecule has 128 valence electrons. The van der Waals surface area contributed by atoms with Crippen LogP contribution in [0.5, 0.6) is 0 Å². The van der Waals surface area contributed by atoms with Gasteiger partial charge in [0.15, 0.2) is 0 Å². The number of anilines is 2. The van der Waals surface area contributed by atoms with E-state index in [0.717, 1.165) is 11.3 Å². The molecule has 8 nitrogen and oxygen atoms in total. The number of rotatable bonds is 5. The molecule has 0 aliphatic carbocycles. The average molecular weight is 340 g/mol. The quantitative estimate of drug-likeness (QED) is 0.486. The molecule has 3 rings (SSSR count). The van der Waals surface area contributed by atoms with E-state index < -0.39 is 10.8 Å². The summed E-state index contributed by atoms with van der Waals surface area (Å²) in [6.45, 7) is 0.437. The summed E-state index contributed by atoms with van der Waals surface area (Å²) < 4.78 is 0. The van der Waals surface area contributed by atoms with E-state index in [-0.39, 0.29) is 35.9 Å². The number of para-hydroxylation sites is 1. The maximum absolute atomic E-state index is 12.3. The Kier molecular flexibility index (Phi) is 4.34. The minimum Gasteiger partial charge on any atom is -0.398 e. The van der Waals surface area contributed by atoms with Gasteiger partial charge in [-0.1, -0.05) is 24.3 Å². The lowest BCUT2D eigenvalue weighted by Crippen LogP contribution is -2.37. The van der Waals surface area contributed by atoms with Crippen molar-refractivity contribution in [3.05, 3.63) is 63.7 Å². The fourth-order valence-corrected chi connectivity index (χ4v) is 2.89. The van der Waals surface area contributed by atoms with Gasteiger partial charge in [0.05, 0.1) is 17.0 Å². The van der Waals surface area contributed by atoms with Crippen LogP contribution in [0.4, 0.5) is 17.1 Å². The summed E-state index contributed by atoms with van der Waals surface area (Å²) in [5.74, 6) is -0.676. The molecule has 8 heteroatoms. The first-order valence-electron chi connectivity index (χ1n) is 7.68. The van der Waals surface area contributed by atoms with Crippen LogP contribution in [0.25, 0.3) is 0 Å². The Hall–Kier alpha value is -3.42. The molecule has 0 radical (unpaired) electrons. The molecule has 0 fully saturated rings. The summed E-state index contributed by atoms with van der Waals surface area (Å²) in [5, 5.41) is 13.7. The number of hydrogen-bond acceptors (Lipinski definition) is 5. The summed E-state index contributed by atoms with van der Waals surface area (Å²) in [6, 6.07) is 11.5. The van der Waals surface area contributed by atoms with Gasteiger partial charge < -0.3 is 16.0 Å². The first-order valence-corrected chi connectivity index (χ1v) is 7.68. The van der Waals surface area contributed by atoms with Gasteiger partial charge in [0.2, 0.25) is 5.91 Å². The summed E-state index contributed by atoms with van der Waals surface area (Å²) in [5.41, 5.74) is 7.00. The number of fused-ring (bicyclic) bond motifs is 1. The lowest BCUT2D eigenvalue weighted by molar-refractivity contribution is -0.385. The molecular weight excluding hydrogens is 324 g/mol. The smallest absolute Gasteiger partial charge is 0.284 e. The number of carbonyl (C=O) groups excluding carboxylic acids is 2. The van der Waals surface area contributed by atoms with Crippen molar-refractivity contribution in [2.45, 2.75) is 6.42 Å². The summed E-state index contributed by atoms with van der Waals surface area (Å²) >= 11 is 0. The number of amides is 2. The fraction of sp³-hybridized carbons (Fsp3) is 0.176. The molecule has 0 aromatic heterocycles. The molecule has 2 aromatic rings. The minimum absolute atomic E-state index is 0.0364. The summed E-state index contributed by atoms with van der Waals surface area (Å²) in [6.07, 6.45) is 0.335. The number of carbonyl (C=O) groups is 2. The lowest BCUT2D eigenvalue weighted by atomic mass is 10.1. The zero-order valence-corrected chi connectivity index (χ0v) is 13.3. The van der Waals surface area contributed by atoms with E-state index in [9.17, 15) is 19.7 Å². The number of nitrogens with one attached hydrogen (secondary N) is 1. The van der Waals surface area contributed by atoms with Gasteiger partial charge in [-0.05, 0) is 17.7 Å². The van der Waals surface area contributed by atoms with Crippen molar-refractivity contribution in [3.63, 3.8) is 0 Å².